The van der Waals surface area contributed by atoms with Crippen molar-refractivity contribution in [1.29, 1.82) is 0 Å². The molecule has 4 heteroatoms. The Kier molecular flexibility index (Phi) is 3.53. The van der Waals surface area contributed by atoms with Crippen LogP contribution in [0.15, 0.2) is 5.38 Å². The molecule has 0 aromatic carbocycles. The fourth-order valence-corrected chi connectivity index (χ4v) is 2.33. The Morgan fingerprint density at radius 2 is 2.00 bits per heavy atom. The molecule has 3 N–H and O–H groups in total. The van der Waals surface area contributed by atoms with Gasteiger partial charge in [-0.1, -0.05) is 20.8 Å². The first kappa shape index (κ1) is 12.6. The summed E-state index contributed by atoms with van der Waals surface area (Å²) in [4.78, 5) is 4.52. The molecule has 1 atom stereocenters. The van der Waals surface area contributed by atoms with Crippen LogP contribution < -0.4 is 5.73 Å². The van der Waals surface area contributed by atoms with Gasteiger partial charge < -0.3 is 10.8 Å². The summed E-state index contributed by atoms with van der Waals surface area (Å²) in [5.41, 5.74) is 5.79. The van der Waals surface area contributed by atoms with E-state index in [9.17, 15) is 5.11 Å². The molecule has 0 saturated carbocycles. The lowest BCUT2D eigenvalue weighted by molar-refractivity contribution is 0.0695. The van der Waals surface area contributed by atoms with Gasteiger partial charge in [0.1, 0.15) is 0 Å². The largest absolute Gasteiger partial charge is 0.388 e. The number of thiazole rings is 1. The van der Waals surface area contributed by atoms with E-state index >= 15 is 0 Å². The van der Waals surface area contributed by atoms with Crippen molar-refractivity contribution in [2.75, 3.05) is 6.54 Å². The molecule has 86 valence electrons. The summed E-state index contributed by atoms with van der Waals surface area (Å²) in [6, 6.07) is 0. The number of hydrogen-bond acceptors (Lipinski definition) is 4. The summed E-state index contributed by atoms with van der Waals surface area (Å²) in [7, 11) is 0. The predicted octanol–water partition coefficient (Wildman–Crippen LogP) is 1.69. The Balaban J connectivity index is 2.78. The van der Waals surface area contributed by atoms with Crippen molar-refractivity contribution in [3.8, 4) is 0 Å². The standard InChI is InChI=1S/C11H20N2OS/c1-10(2,3)8-6-15-9(13-8)5-11(4,14)7-12/h6,14H,5,7,12H2,1-4H3. The highest BCUT2D eigenvalue weighted by Crippen LogP contribution is 2.25. The summed E-state index contributed by atoms with van der Waals surface area (Å²) in [6.45, 7) is 8.40. The van der Waals surface area contributed by atoms with Crippen molar-refractivity contribution < 1.29 is 5.11 Å². The van der Waals surface area contributed by atoms with E-state index in [1.54, 1.807) is 18.3 Å². The van der Waals surface area contributed by atoms with Crippen molar-refractivity contribution >= 4 is 11.3 Å². The van der Waals surface area contributed by atoms with Crippen LogP contribution >= 0.6 is 11.3 Å². The van der Waals surface area contributed by atoms with E-state index in [-0.39, 0.29) is 12.0 Å². The Morgan fingerprint density at radius 3 is 2.40 bits per heavy atom. The first-order chi connectivity index (χ1) is 6.74. The van der Waals surface area contributed by atoms with Crippen LogP contribution in [0.25, 0.3) is 0 Å². The highest BCUT2D eigenvalue weighted by molar-refractivity contribution is 7.09. The molecule has 0 aliphatic carbocycles. The lowest BCUT2D eigenvalue weighted by Crippen LogP contribution is -2.36. The van der Waals surface area contributed by atoms with Gasteiger partial charge in [-0.25, -0.2) is 4.98 Å². The molecule has 1 heterocycles. The van der Waals surface area contributed by atoms with Crippen LogP contribution in [0.2, 0.25) is 0 Å². The fourth-order valence-electron chi connectivity index (χ4n) is 1.13. The summed E-state index contributed by atoms with van der Waals surface area (Å²) in [5.74, 6) is 0. The highest BCUT2D eigenvalue weighted by atomic mass is 32.1. The van der Waals surface area contributed by atoms with E-state index in [0.29, 0.717) is 6.42 Å². The summed E-state index contributed by atoms with van der Waals surface area (Å²) in [5, 5.41) is 12.8. The quantitative estimate of drug-likeness (QED) is 0.827. The van der Waals surface area contributed by atoms with Crippen molar-refractivity contribution in [3.05, 3.63) is 16.1 Å². The van der Waals surface area contributed by atoms with Crippen molar-refractivity contribution in [2.24, 2.45) is 5.73 Å². The second-order valence-corrected chi connectivity index (χ2v) is 6.20. The minimum Gasteiger partial charge on any atom is -0.388 e. The molecule has 1 aromatic heterocycles. The van der Waals surface area contributed by atoms with Gasteiger partial charge in [0.25, 0.3) is 0 Å². The molecule has 0 radical (unpaired) electrons. The first-order valence-corrected chi connectivity index (χ1v) is 6.00. The molecule has 0 aliphatic heterocycles. The number of hydrogen-bond donors (Lipinski definition) is 2. The maximum atomic E-state index is 9.83. The van der Waals surface area contributed by atoms with Crippen LogP contribution in [0.3, 0.4) is 0 Å². The summed E-state index contributed by atoms with van der Waals surface area (Å²) < 4.78 is 0. The van der Waals surface area contributed by atoms with Crippen LogP contribution in [0.1, 0.15) is 38.4 Å². The van der Waals surface area contributed by atoms with Gasteiger partial charge in [-0.15, -0.1) is 11.3 Å². The van der Waals surface area contributed by atoms with Gasteiger partial charge in [0.2, 0.25) is 0 Å². The molecule has 0 spiro atoms. The molecule has 1 unspecified atom stereocenters. The van der Waals surface area contributed by atoms with Gasteiger partial charge in [-0.3, -0.25) is 0 Å². The number of nitrogens with zero attached hydrogens (tertiary/aromatic N) is 1. The average molecular weight is 228 g/mol. The van der Waals surface area contributed by atoms with E-state index in [1.807, 2.05) is 0 Å². The van der Waals surface area contributed by atoms with Crippen molar-refractivity contribution in [2.45, 2.75) is 45.1 Å². The van der Waals surface area contributed by atoms with E-state index in [0.717, 1.165) is 10.7 Å². The molecular weight excluding hydrogens is 208 g/mol. The van der Waals surface area contributed by atoms with Gasteiger partial charge in [-0.2, -0.15) is 0 Å². The second kappa shape index (κ2) is 4.20. The molecular formula is C11H20N2OS. The van der Waals surface area contributed by atoms with Crippen LogP contribution in [-0.2, 0) is 11.8 Å². The first-order valence-electron chi connectivity index (χ1n) is 5.12. The lowest BCUT2D eigenvalue weighted by Gasteiger charge is -2.19. The van der Waals surface area contributed by atoms with Crippen molar-refractivity contribution in [1.82, 2.24) is 4.98 Å². The third-order valence-electron chi connectivity index (χ3n) is 2.29. The molecule has 1 rings (SSSR count). The molecule has 15 heavy (non-hydrogen) atoms. The van der Waals surface area contributed by atoms with Crippen LogP contribution in [0, 0.1) is 0 Å². The SMILES string of the molecule is CC(O)(CN)Cc1nc(C(C)(C)C)cs1. The normalized spacial score (nSPS) is 16.4. The van der Waals surface area contributed by atoms with E-state index in [2.05, 4.69) is 31.1 Å². The molecule has 1 aromatic rings. The number of rotatable bonds is 3. The van der Waals surface area contributed by atoms with Gasteiger partial charge in [0.15, 0.2) is 0 Å². The summed E-state index contributed by atoms with van der Waals surface area (Å²) >= 11 is 1.59. The smallest absolute Gasteiger partial charge is 0.0957 e. The molecule has 0 amide bonds. The zero-order chi connectivity index (χ0) is 11.7. The van der Waals surface area contributed by atoms with Gasteiger partial charge >= 0.3 is 0 Å². The third kappa shape index (κ3) is 3.55. The average Bonchev–Trinajstić information content (AvgIpc) is 2.51. The Hall–Kier alpha value is -0.450. The Morgan fingerprint density at radius 1 is 1.40 bits per heavy atom. The van der Waals surface area contributed by atoms with E-state index < -0.39 is 5.60 Å². The van der Waals surface area contributed by atoms with Gasteiger partial charge in [0.05, 0.1) is 16.3 Å². The van der Waals surface area contributed by atoms with Crippen LogP contribution in [-0.4, -0.2) is 22.2 Å². The Labute approximate surface area is 95.3 Å². The number of nitrogens with two attached hydrogens (primary N) is 1. The second-order valence-electron chi connectivity index (χ2n) is 5.25. The monoisotopic (exact) mass is 228 g/mol. The van der Waals surface area contributed by atoms with E-state index in [4.69, 9.17) is 5.73 Å². The molecule has 0 aliphatic rings. The zero-order valence-corrected chi connectivity index (χ0v) is 10.7. The summed E-state index contributed by atoms with van der Waals surface area (Å²) in [6.07, 6.45) is 0.532. The van der Waals surface area contributed by atoms with Gasteiger partial charge in [0, 0.05) is 23.8 Å². The van der Waals surface area contributed by atoms with Crippen molar-refractivity contribution in [3.63, 3.8) is 0 Å². The molecule has 0 bridgehead atoms. The maximum absolute atomic E-state index is 9.83. The van der Waals surface area contributed by atoms with Crippen LogP contribution in [0.4, 0.5) is 0 Å². The minimum absolute atomic E-state index is 0.0727. The number of aliphatic hydroxyl groups is 1. The third-order valence-corrected chi connectivity index (χ3v) is 3.14. The topological polar surface area (TPSA) is 59.1 Å². The minimum atomic E-state index is -0.840. The maximum Gasteiger partial charge on any atom is 0.0957 e. The molecule has 0 saturated heterocycles. The number of aromatic nitrogens is 1. The predicted molar refractivity (Wildman–Crippen MR) is 64.2 cm³/mol. The lowest BCUT2D eigenvalue weighted by atomic mass is 9.93. The van der Waals surface area contributed by atoms with Crippen LogP contribution in [0.5, 0.6) is 0 Å². The Bertz CT molecular complexity index is 326. The zero-order valence-electron chi connectivity index (χ0n) is 9.87. The van der Waals surface area contributed by atoms with E-state index in [1.165, 1.54) is 0 Å². The molecule has 0 fully saturated rings. The van der Waals surface area contributed by atoms with Gasteiger partial charge in [-0.05, 0) is 6.92 Å². The molecule has 3 nitrogen and oxygen atoms in total. The highest BCUT2D eigenvalue weighted by Gasteiger charge is 2.23. The fraction of sp³-hybridized carbons (Fsp3) is 0.727.